The van der Waals surface area contributed by atoms with Crippen molar-refractivity contribution >= 4 is 6.08 Å². The fourth-order valence-electron chi connectivity index (χ4n) is 2.30. The van der Waals surface area contributed by atoms with Crippen molar-refractivity contribution in [3.8, 4) is 17.0 Å². The zero-order valence-corrected chi connectivity index (χ0v) is 10.7. The SMILES string of the molecule is COc1ccc(-c2noc3c2C(O)CCC=C3)cc1. The van der Waals surface area contributed by atoms with Gasteiger partial charge in [0, 0.05) is 5.56 Å². The maximum Gasteiger partial charge on any atom is 0.165 e. The number of fused-ring (bicyclic) bond motifs is 1. The van der Waals surface area contributed by atoms with Crippen molar-refractivity contribution in [3.05, 3.63) is 41.7 Å². The molecule has 2 aromatic rings. The van der Waals surface area contributed by atoms with Crippen LogP contribution < -0.4 is 4.74 Å². The molecule has 19 heavy (non-hydrogen) atoms. The van der Waals surface area contributed by atoms with Gasteiger partial charge in [-0.2, -0.15) is 0 Å². The maximum atomic E-state index is 10.2. The van der Waals surface area contributed by atoms with Gasteiger partial charge in [-0.15, -0.1) is 0 Å². The number of aliphatic hydroxyl groups is 1. The summed E-state index contributed by atoms with van der Waals surface area (Å²) in [6, 6.07) is 7.57. The van der Waals surface area contributed by atoms with Gasteiger partial charge in [0.2, 0.25) is 0 Å². The van der Waals surface area contributed by atoms with Crippen LogP contribution in [0.1, 0.15) is 30.3 Å². The van der Waals surface area contributed by atoms with E-state index in [0.29, 0.717) is 17.9 Å². The first-order valence-electron chi connectivity index (χ1n) is 6.28. The lowest BCUT2D eigenvalue weighted by molar-refractivity contribution is 0.169. The molecular formula is C15H15NO3. The zero-order chi connectivity index (χ0) is 13.2. The van der Waals surface area contributed by atoms with Crippen molar-refractivity contribution in [2.75, 3.05) is 7.11 Å². The summed E-state index contributed by atoms with van der Waals surface area (Å²) in [5.41, 5.74) is 2.40. The number of allylic oxidation sites excluding steroid dienone is 1. The highest BCUT2D eigenvalue weighted by Gasteiger charge is 2.23. The summed E-state index contributed by atoms with van der Waals surface area (Å²) in [6.45, 7) is 0. The van der Waals surface area contributed by atoms with Gasteiger partial charge in [0.05, 0.1) is 18.8 Å². The molecule has 0 fully saturated rings. The average molecular weight is 257 g/mol. The molecule has 0 amide bonds. The molecule has 98 valence electrons. The van der Waals surface area contributed by atoms with Crippen LogP contribution >= 0.6 is 0 Å². The van der Waals surface area contributed by atoms with Crippen LogP contribution in [0.3, 0.4) is 0 Å². The standard InChI is InChI=1S/C15H15NO3/c1-18-11-8-6-10(7-9-11)15-14-12(17)4-2-3-5-13(14)19-16-15/h3,5-9,12,17H,2,4H2,1H3. The minimum absolute atomic E-state index is 0.534. The van der Waals surface area contributed by atoms with Crippen LogP contribution in [0.2, 0.25) is 0 Å². The molecule has 1 aliphatic carbocycles. The number of methoxy groups -OCH3 is 1. The van der Waals surface area contributed by atoms with E-state index in [4.69, 9.17) is 9.26 Å². The van der Waals surface area contributed by atoms with Crippen molar-refractivity contribution < 1.29 is 14.4 Å². The van der Waals surface area contributed by atoms with E-state index in [2.05, 4.69) is 5.16 Å². The third-order valence-corrected chi connectivity index (χ3v) is 3.33. The lowest BCUT2D eigenvalue weighted by atomic mass is 10.0. The number of hydrogen-bond acceptors (Lipinski definition) is 4. The van der Waals surface area contributed by atoms with E-state index in [0.717, 1.165) is 23.3 Å². The number of aromatic nitrogens is 1. The summed E-state index contributed by atoms with van der Waals surface area (Å²) in [7, 11) is 1.63. The van der Waals surface area contributed by atoms with Crippen LogP contribution in [0.15, 0.2) is 34.9 Å². The van der Waals surface area contributed by atoms with Crippen LogP contribution in [0.5, 0.6) is 5.75 Å². The van der Waals surface area contributed by atoms with E-state index < -0.39 is 6.10 Å². The Morgan fingerprint density at radius 1 is 1.32 bits per heavy atom. The Labute approximate surface area is 111 Å². The summed E-state index contributed by atoms with van der Waals surface area (Å²) < 4.78 is 10.5. The third kappa shape index (κ3) is 2.15. The average Bonchev–Trinajstić information content (AvgIpc) is 2.79. The van der Waals surface area contributed by atoms with Gasteiger partial charge in [0.15, 0.2) is 5.76 Å². The molecule has 0 radical (unpaired) electrons. The van der Waals surface area contributed by atoms with Crippen molar-refractivity contribution in [2.24, 2.45) is 0 Å². The fourth-order valence-corrected chi connectivity index (χ4v) is 2.30. The number of ether oxygens (including phenoxy) is 1. The van der Waals surface area contributed by atoms with Crippen molar-refractivity contribution in [1.82, 2.24) is 5.16 Å². The Balaban J connectivity index is 2.06. The highest BCUT2D eigenvalue weighted by atomic mass is 16.5. The van der Waals surface area contributed by atoms with Crippen LogP contribution in [0, 0.1) is 0 Å². The number of aliphatic hydroxyl groups excluding tert-OH is 1. The summed E-state index contributed by atoms with van der Waals surface area (Å²) in [5, 5.41) is 14.3. The van der Waals surface area contributed by atoms with Crippen molar-refractivity contribution in [3.63, 3.8) is 0 Å². The normalized spacial score (nSPS) is 17.9. The molecule has 1 N–H and O–H groups in total. The monoisotopic (exact) mass is 257 g/mol. The van der Waals surface area contributed by atoms with Gasteiger partial charge in [-0.1, -0.05) is 11.2 Å². The quantitative estimate of drug-likeness (QED) is 0.897. The summed E-state index contributed by atoms with van der Waals surface area (Å²) >= 11 is 0. The molecule has 0 spiro atoms. The largest absolute Gasteiger partial charge is 0.497 e. The fraction of sp³-hybridized carbons (Fsp3) is 0.267. The van der Waals surface area contributed by atoms with Crippen LogP contribution in [-0.2, 0) is 0 Å². The second-order valence-electron chi connectivity index (χ2n) is 4.53. The summed E-state index contributed by atoms with van der Waals surface area (Å²) in [6.07, 6.45) is 4.87. The first kappa shape index (κ1) is 12.0. The second kappa shape index (κ2) is 4.90. The minimum atomic E-state index is -0.534. The van der Waals surface area contributed by atoms with E-state index in [1.54, 1.807) is 7.11 Å². The lowest BCUT2D eigenvalue weighted by Gasteiger charge is -2.08. The number of rotatable bonds is 2. The van der Waals surface area contributed by atoms with Gasteiger partial charge in [-0.05, 0) is 43.2 Å². The van der Waals surface area contributed by atoms with E-state index in [1.807, 2.05) is 36.4 Å². The highest BCUT2D eigenvalue weighted by Crippen LogP contribution is 2.35. The van der Waals surface area contributed by atoms with Crippen LogP contribution in [0.25, 0.3) is 17.3 Å². The topological polar surface area (TPSA) is 55.5 Å². The van der Waals surface area contributed by atoms with E-state index in [-0.39, 0.29) is 0 Å². The molecule has 0 bridgehead atoms. The molecule has 1 heterocycles. The highest BCUT2D eigenvalue weighted by molar-refractivity contribution is 5.68. The molecule has 4 heteroatoms. The second-order valence-corrected chi connectivity index (χ2v) is 4.53. The minimum Gasteiger partial charge on any atom is -0.497 e. The Morgan fingerprint density at radius 2 is 2.11 bits per heavy atom. The van der Waals surface area contributed by atoms with Crippen LogP contribution in [-0.4, -0.2) is 17.4 Å². The third-order valence-electron chi connectivity index (χ3n) is 3.33. The van der Waals surface area contributed by atoms with E-state index >= 15 is 0 Å². The van der Waals surface area contributed by atoms with Gasteiger partial charge in [0.25, 0.3) is 0 Å². The van der Waals surface area contributed by atoms with Crippen LogP contribution in [0.4, 0.5) is 0 Å². The molecule has 0 aliphatic heterocycles. The summed E-state index contributed by atoms with van der Waals surface area (Å²) in [5.74, 6) is 1.44. The number of hydrogen-bond donors (Lipinski definition) is 1. The van der Waals surface area contributed by atoms with Crippen molar-refractivity contribution in [2.45, 2.75) is 18.9 Å². The first-order valence-corrected chi connectivity index (χ1v) is 6.28. The molecule has 1 aliphatic rings. The molecule has 1 unspecified atom stereocenters. The van der Waals surface area contributed by atoms with Gasteiger partial charge in [-0.25, -0.2) is 0 Å². The summed E-state index contributed by atoms with van der Waals surface area (Å²) in [4.78, 5) is 0. The smallest absolute Gasteiger partial charge is 0.165 e. The molecule has 0 saturated carbocycles. The Morgan fingerprint density at radius 3 is 2.84 bits per heavy atom. The first-order chi connectivity index (χ1) is 9.29. The molecule has 1 aromatic carbocycles. The van der Waals surface area contributed by atoms with E-state index in [9.17, 15) is 5.11 Å². The van der Waals surface area contributed by atoms with Gasteiger partial charge < -0.3 is 14.4 Å². The number of nitrogens with zero attached hydrogens (tertiary/aromatic N) is 1. The molecule has 1 aromatic heterocycles. The molecule has 3 rings (SSSR count). The predicted octanol–water partition coefficient (Wildman–Crippen LogP) is 3.19. The van der Waals surface area contributed by atoms with Crippen molar-refractivity contribution in [1.29, 1.82) is 0 Å². The van der Waals surface area contributed by atoms with E-state index in [1.165, 1.54) is 0 Å². The molecule has 1 atom stereocenters. The Kier molecular flexibility index (Phi) is 3.09. The zero-order valence-electron chi connectivity index (χ0n) is 10.7. The predicted molar refractivity (Wildman–Crippen MR) is 71.7 cm³/mol. The molecule has 4 nitrogen and oxygen atoms in total. The van der Waals surface area contributed by atoms with Gasteiger partial charge in [0.1, 0.15) is 11.4 Å². The maximum absolute atomic E-state index is 10.2. The Hall–Kier alpha value is -2.07. The number of benzene rings is 1. The Bertz CT molecular complexity index is 598. The molecular weight excluding hydrogens is 242 g/mol. The lowest BCUT2D eigenvalue weighted by Crippen LogP contribution is -1.98. The van der Waals surface area contributed by atoms with Gasteiger partial charge >= 0.3 is 0 Å². The van der Waals surface area contributed by atoms with Gasteiger partial charge in [-0.3, -0.25) is 0 Å². The molecule has 0 saturated heterocycles.